The molecular formula is C23H20ClFN2O3S. The van der Waals surface area contributed by atoms with Crippen LogP contribution in [0, 0.1) is 11.7 Å². The molecule has 1 amide bonds. The largest absolute Gasteiger partial charge is 0.496 e. The van der Waals surface area contributed by atoms with Crippen molar-refractivity contribution in [2.75, 3.05) is 7.11 Å². The Kier molecular flexibility index (Phi) is 6.07. The van der Waals surface area contributed by atoms with Crippen LogP contribution in [-0.4, -0.2) is 22.9 Å². The molecule has 2 aromatic carbocycles. The third kappa shape index (κ3) is 4.78. The second-order valence-corrected chi connectivity index (χ2v) is 8.57. The van der Waals surface area contributed by atoms with Gasteiger partial charge in [0, 0.05) is 35.2 Å². The van der Waals surface area contributed by atoms with E-state index in [4.69, 9.17) is 39.0 Å². The molecule has 4 rings (SSSR count). The van der Waals surface area contributed by atoms with E-state index in [1.165, 1.54) is 44.3 Å². The molecule has 31 heavy (non-hydrogen) atoms. The number of pyridine rings is 1. The first kappa shape index (κ1) is 21.5. The number of benzene rings is 2. The third-order valence-electron chi connectivity index (χ3n) is 5.21. The molecule has 0 unspecified atom stereocenters. The van der Waals surface area contributed by atoms with E-state index in [-0.39, 0.29) is 11.3 Å². The first-order valence-corrected chi connectivity index (χ1v) is 10.6. The highest BCUT2D eigenvalue weighted by atomic mass is 35.5. The minimum absolute atomic E-state index is 0.0363. The number of fused-ring (bicyclic) bond motifs is 1. The van der Waals surface area contributed by atoms with Crippen LogP contribution in [0.4, 0.5) is 4.39 Å². The number of halogens is 2. The van der Waals surface area contributed by atoms with Crippen molar-refractivity contribution >= 4 is 45.5 Å². The SMILES string of the molecule is COc1cc2nccc(Oc3cc(Cl)c(CC(=S)CC4CC4)cc3F)c2cc1C(N)=O. The number of hydrogen-bond donors (Lipinski definition) is 1. The van der Waals surface area contributed by atoms with E-state index in [0.29, 0.717) is 45.3 Å². The lowest BCUT2D eigenvalue weighted by Crippen LogP contribution is -2.12. The first-order chi connectivity index (χ1) is 14.9. The molecule has 0 saturated heterocycles. The maximum absolute atomic E-state index is 14.8. The summed E-state index contributed by atoms with van der Waals surface area (Å²) in [5.41, 5.74) is 6.77. The van der Waals surface area contributed by atoms with E-state index in [1.807, 2.05) is 0 Å². The Morgan fingerprint density at radius 3 is 2.71 bits per heavy atom. The van der Waals surface area contributed by atoms with Gasteiger partial charge < -0.3 is 15.2 Å². The number of aromatic nitrogens is 1. The van der Waals surface area contributed by atoms with E-state index in [2.05, 4.69) is 4.98 Å². The number of rotatable bonds is 8. The number of nitrogens with two attached hydrogens (primary N) is 1. The number of primary amides is 1. The van der Waals surface area contributed by atoms with Crippen molar-refractivity contribution in [3.8, 4) is 17.2 Å². The van der Waals surface area contributed by atoms with Gasteiger partial charge in [-0.05, 0) is 53.8 Å². The fourth-order valence-electron chi connectivity index (χ4n) is 3.43. The maximum atomic E-state index is 14.8. The monoisotopic (exact) mass is 458 g/mol. The van der Waals surface area contributed by atoms with Gasteiger partial charge in [-0.1, -0.05) is 23.8 Å². The van der Waals surface area contributed by atoms with Gasteiger partial charge in [-0.3, -0.25) is 9.78 Å². The van der Waals surface area contributed by atoms with Crippen molar-refractivity contribution in [1.82, 2.24) is 4.98 Å². The summed E-state index contributed by atoms with van der Waals surface area (Å²) >= 11 is 11.8. The number of amides is 1. The van der Waals surface area contributed by atoms with Crippen molar-refractivity contribution in [3.05, 3.63) is 58.5 Å². The van der Waals surface area contributed by atoms with Crippen LogP contribution in [0.15, 0.2) is 36.5 Å². The summed E-state index contributed by atoms with van der Waals surface area (Å²) in [5, 5.41) is 0.870. The van der Waals surface area contributed by atoms with E-state index >= 15 is 0 Å². The van der Waals surface area contributed by atoms with Crippen molar-refractivity contribution in [3.63, 3.8) is 0 Å². The van der Waals surface area contributed by atoms with Gasteiger partial charge in [0.25, 0.3) is 5.91 Å². The number of carbonyl (C=O) groups excluding carboxylic acids is 1. The molecule has 5 nitrogen and oxygen atoms in total. The fraction of sp³-hybridized carbons (Fsp3) is 0.261. The minimum Gasteiger partial charge on any atom is -0.496 e. The van der Waals surface area contributed by atoms with Crippen LogP contribution in [0.5, 0.6) is 17.2 Å². The Labute approximate surface area is 189 Å². The van der Waals surface area contributed by atoms with Gasteiger partial charge in [-0.25, -0.2) is 4.39 Å². The fourth-order valence-corrected chi connectivity index (χ4v) is 4.04. The van der Waals surface area contributed by atoms with Crippen LogP contribution in [0.2, 0.25) is 5.02 Å². The summed E-state index contributed by atoms with van der Waals surface area (Å²) in [7, 11) is 1.43. The number of methoxy groups -OCH3 is 1. The zero-order valence-corrected chi connectivity index (χ0v) is 18.4. The van der Waals surface area contributed by atoms with Crippen LogP contribution >= 0.6 is 23.8 Å². The number of hydrogen-bond acceptors (Lipinski definition) is 5. The molecule has 1 aliphatic rings. The highest BCUT2D eigenvalue weighted by Crippen LogP contribution is 2.37. The second kappa shape index (κ2) is 8.77. The predicted octanol–water partition coefficient (Wildman–Crippen LogP) is 5.64. The maximum Gasteiger partial charge on any atom is 0.252 e. The number of carbonyl (C=O) groups is 1. The standard InChI is InChI=1S/C23H20ClFN2O3S/c1-29-21-11-19-15(9-16(21)23(26)28)20(4-5-27-19)30-22-10-17(24)13(8-18(22)25)7-14(31)6-12-2-3-12/h4-5,8-12H,2-3,6-7H2,1H3,(H2,26,28). The molecule has 1 aromatic heterocycles. The van der Waals surface area contributed by atoms with Gasteiger partial charge in [-0.15, -0.1) is 0 Å². The number of nitrogens with zero attached hydrogens (tertiary/aromatic N) is 1. The molecule has 8 heteroatoms. The summed E-state index contributed by atoms with van der Waals surface area (Å²) < 4.78 is 25.9. The molecule has 0 atom stereocenters. The van der Waals surface area contributed by atoms with Gasteiger partial charge in [0.1, 0.15) is 11.5 Å². The average Bonchev–Trinajstić information content (AvgIpc) is 3.54. The molecule has 160 valence electrons. The molecule has 0 radical (unpaired) electrons. The zero-order valence-electron chi connectivity index (χ0n) is 16.8. The van der Waals surface area contributed by atoms with Gasteiger partial charge in [-0.2, -0.15) is 0 Å². The van der Waals surface area contributed by atoms with E-state index in [1.54, 1.807) is 12.1 Å². The molecule has 1 heterocycles. The molecule has 0 aliphatic heterocycles. The smallest absolute Gasteiger partial charge is 0.252 e. The highest BCUT2D eigenvalue weighted by molar-refractivity contribution is 7.80. The van der Waals surface area contributed by atoms with Crippen molar-refractivity contribution < 1.29 is 18.7 Å². The molecule has 1 saturated carbocycles. The molecule has 3 aromatic rings. The molecule has 1 aliphatic carbocycles. The van der Waals surface area contributed by atoms with Crippen LogP contribution in [-0.2, 0) is 6.42 Å². The predicted molar refractivity (Wildman–Crippen MR) is 122 cm³/mol. The van der Waals surface area contributed by atoms with Gasteiger partial charge in [0.2, 0.25) is 0 Å². The lowest BCUT2D eigenvalue weighted by atomic mass is 10.1. The van der Waals surface area contributed by atoms with E-state index < -0.39 is 11.7 Å². The van der Waals surface area contributed by atoms with Crippen LogP contribution in [0.3, 0.4) is 0 Å². The Balaban J connectivity index is 1.65. The number of thiocarbonyl (C=S) groups is 1. The highest BCUT2D eigenvalue weighted by Gasteiger charge is 2.23. The Hall–Kier alpha value is -2.77. The second-order valence-electron chi connectivity index (χ2n) is 7.58. The van der Waals surface area contributed by atoms with Crippen molar-refractivity contribution in [1.29, 1.82) is 0 Å². The normalized spacial score (nSPS) is 13.3. The summed E-state index contributed by atoms with van der Waals surface area (Å²) in [5.74, 6) is 0.0254. The van der Waals surface area contributed by atoms with Gasteiger partial charge >= 0.3 is 0 Å². The topological polar surface area (TPSA) is 74.4 Å². The number of ether oxygens (including phenoxy) is 2. The van der Waals surface area contributed by atoms with E-state index in [0.717, 1.165) is 11.3 Å². The van der Waals surface area contributed by atoms with Gasteiger partial charge in [0.05, 0.1) is 18.2 Å². The first-order valence-electron chi connectivity index (χ1n) is 9.79. The summed E-state index contributed by atoms with van der Waals surface area (Å²) in [4.78, 5) is 16.9. The van der Waals surface area contributed by atoms with Gasteiger partial charge in [0.15, 0.2) is 11.6 Å². The van der Waals surface area contributed by atoms with E-state index in [9.17, 15) is 9.18 Å². The quantitative estimate of drug-likeness (QED) is 0.442. The minimum atomic E-state index is -0.658. The Morgan fingerprint density at radius 1 is 1.26 bits per heavy atom. The van der Waals surface area contributed by atoms with Crippen LogP contribution in [0.1, 0.15) is 35.2 Å². The van der Waals surface area contributed by atoms with Crippen LogP contribution in [0.25, 0.3) is 10.9 Å². The van der Waals surface area contributed by atoms with Crippen molar-refractivity contribution in [2.24, 2.45) is 11.7 Å². The lowest BCUT2D eigenvalue weighted by molar-refractivity contribution is 0.0997. The molecule has 0 bridgehead atoms. The van der Waals surface area contributed by atoms with Crippen LogP contribution < -0.4 is 15.2 Å². The average molecular weight is 459 g/mol. The summed E-state index contributed by atoms with van der Waals surface area (Å²) in [6.07, 6.45) is 5.27. The summed E-state index contributed by atoms with van der Waals surface area (Å²) in [6.45, 7) is 0. The third-order valence-corrected chi connectivity index (χ3v) is 5.87. The Morgan fingerprint density at radius 2 is 2.03 bits per heavy atom. The zero-order chi connectivity index (χ0) is 22.1. The molecular weight excluding hydrogens is 439 g/mol. The van der Waals surface area contributed by atoms with Crippen molar-refractivity contribution in [2.45, 2.75) is 25.7 Å². The molecule has 0 spiro atoms. The molecule has 2 N–H and O–H groups in total. The Bertz CT molecular complexity index is 1200. The summed E-state index contributed by atoms with van der Waals surface area (Å²) in [6, 6.07) is 7.47. The lowest BCUT2D eigenvalue weighted by Gasteiger charge is -2.14. The molecule has 1 fully saturated rings.